The summed E-state index contributed by atoms with van der Waals surface area (Å²) in [5.41, 5.74) is 5.58. The number of rotatable bonds is 4. The molecule has 0 bridgehead atoms. The first kappa shape index (κ1) is 16.5. The van der Waals surface area contributed by atoms with Gasteiger partial charge in [-0.1, -0.05) is 12.1 Å². The van der Waals surface area contributed by atoms with Gasteiger partial charge in [-0.2, -0.15) is 0 Å². The van der Waals surface area contributed by atoms with Crippen LogP contribution in [-0.2, 0) is 19.3 Å². The molecular formula is C20H22FNO2. The van der Waals surface area contributed by atoms with Crippen LogP contribution < -0.4 is 10.1 Å². The highest BCUT2D eigenvalue weighted by molar-refractivity contribution is 5.97. The second kappa shape index (κ2) is 6.63. The number of fused-ring (bicyclic) bond motifs is 1. The van der Waals surface area contributed by atoms with E-state index in [0.29, 0.717) is 23.3 Å². The van der Waals surface area contributed by atoms with E-state index < -0.39 is 0 Å². The standard InChI is InChI=1S/C20H22FNO2/c1-12-7-8-13(10-18(12)21)9-14-11-17(20(23)22-2)19(24-3)16-6-4-5-15(14)16/h7-8,10-11H,4-6,9H2,1-3H3,(H,22,23). The molecule has 0 aromatic heterocycles. The molecule has 0 saturated carbocycles. The van der Waals surface area contributed by atoms with Crippen LogP contribution in [0.5, 0.6) is 5.75 Å². The third-order valence-corrected chi connectivity index (χ3v) is 4.75. The summed E-state index contributed by atoms with van der Waals surface area (Å²) in [5.74, 6) is 0.336. The Morgan fingerprint density at radius 1 is 1.25 bits per heavy atom. The van der Waals surface area contributed by atoms with Gasteiger partial charge in [0.1, 0.15) is 11.6 Å². The Hall–Kier alpha value is -2.36. The van der Waals surface area contributed by atoms with Crippen LogP contribution in [0.25, 0.3) is 0 Å². The van der Waals surface area contributed by atoms with Crippen LogP contribution in [0.3, 0.4) is 0 Å². The first-order chi connectivity index (χ1) is 11.5. The number of hydrogen-bond donors (Lipinski definition) is 1. The molecular weight excluding hydrogens is 305 g/mol. The van der Waals surface area contributed by atoms with Gasteiger partial charge in [0, 0.05) is 7.05 Å². The summed E-state index contributed by atoms with van der Waals surface area (Å²) in [7, 11) is 3.22. The molecule has 0 saturated heterocycles. The molecule has 0 spiro atoms. The Bertz CT molecular complexity index is 799. The molecule has 1 aliphatic rings. The summed E-state index contributed by atoms with van der Waals surface area (Å²) in [6.45, 7) is 1.76. The molecule has 1 amide bonds. The zero-order chi connectivity index (χ0) is 17.3. The van der Waals surface area contributed by atoms with Gasteiger partial charge in [-0.05, 0) is 72.6 Å². The minimum atomic E-state index is -0.191. The fraction of sp³-hybridized carbons (Fsp3) is 0.350. The van der Waals surface area contributed by atoms with E-state index in [9.17, 15) is 9.18 Å². The third-order valence-electron chi connectivity index (χ3n) is 4.75. The Balaban J connectivity index is 2.08. The number of aryl methyl sites for hydroxylation is 1. The lowest BCUT2D eigenvalue weighted by molar-refractivity contribution is 0.0960. The molecule has 0 aliphatic heterocycles. The van der Waals surface area contributed by atoms with Crippen molar-refractivity contribution in [2.45, 2.75) is 32.6 Å². The minimum absolute atomic E-state index is 0.155. The van der Waals surface area contributed by atoms with E-state index in [1.807, 2.05) is 12.1 Å². The molecule has 24 heavy (non-hydrogen) atoms. The van der Waals surface area contributed by atoms with E-state index >= 15 is 0 Å². The fourth-order valence-corrected chi connectivity index (χ4v) is 3.50. The van der Waals surface area contributed by atoms with Crippen LogP contribution in [0, 0.1) is 12.7 Å². The van der Waals surface area contributed by atoms with Crippen molar-refractivity contribution in [2.75, 3.05) is 14.2 Å². The maximum absolute atomic E-state index is 13.9. The zero-order valence-electron chi connectivity index (χ0n) is 14.3. The number of carbonyl (C=O) groups excluding carboxylic acids is 1. The maximum atomic E-state index is 13.9. The van der Waals surface area contributed by atoms with E-state index in [1.54, 1.807) is 33.2 Å². The molecule has 0 heterocycles. The Labute approximate surface area is 141 Å². The quantitative estimate of drug-likeness (QED) is 0.932. The van der Waals surface area contributed by atoms with Gasteiger partial charge in [0.25, 0.3) is 5.91 Å². The average molecular weight is 327 g/mol. The average Bonchev–Trinajstić information content (AvgIpc) is 3.07. The molecule has 0 fully saturated rings. The van der Waals surface area contributed by atoms with Gasteiger partial charge < -0.3 is 10.1 Å². The number of benzene rings is 2. The number of carbonyl (C=O) groups is 1. The molecule has 0 radical (unpaired) electrons. The summed E-state index contributed by atoms with van der Waals surface area (Å²) < 4.78 is 19.4. The Kier molecular flexibility index (Phi) is 4.56. The third kappa shape index (κ3) is 2.88. The molecule has 1 aliphatic carbocycles. The van der Waals surface area contributed by atoms with Crippen LogP contribution in [0.2, 0.25) is 0 Å². The first-order valence-electron chi connectivity index (χ1n) is 8.24. The van der Waals surface area contributed by atoms with Crippen LogP contribution in [0.4, 0.5) is 4.39 Å². The van der Waals surface area contributed by atoms with Gasteiger partial charge in [-0.3, -0.25) is 4.79 Å². The highest BCUT2D eigenvalue weighted by atomic mass is 19.1. The monoisotopic (exact) mass is 327 g/mol. The number of ether oxygens (including phenoxy) is 1. The highest BCUT2D eigenvalue weighted by Crippen LogP contribution is 2.37. The van der Waals surface area contributed by atoms with Crippen molar-refractivity contribution in [3.05, 3.63) is 63.5 Å². The van der Waals surface area contributed by atoms with Crippen LogP contribution in [-0.4, -0.2) is 20.1 Å². The maximum Gasteiger partial charge on any atom is 0.254 e. The predicted molar refractivity (Wildman–Crippen MR) is 92.4 cm³/mol. The van der Waals surface area contributed by atoms with Gasteiger partial charge in [-0.25, -0.2) is 4.39 Å². The molecule has 2 aromatic rings. The summed E-state index contributed by atoms with van der Waals surface area (Å²) in [5, 5.41) is 2.68. The predicted octanol–water partition coefficient (Wildman–Crippen LogP) is 3.58. The van der Waals surface area contributed by atoms with Crippen molar-refractivity contribution in [2.24, 2.45) is 0 Å². The normalized spacial score (nSPS) is 12.8. The van der Waals surface area contributed by atoms with Crippen molar-refractivity contribution in [3.63, 3.8) is 0 Å². The molecule has 126 valence electrons. The van der Waals surface area contributed by atoms with Crippen molar-refractivity contribution < 1.29 is 13.9 Å². The van der Waals surface area contributed by atoms with Crippen LogP contribution >= 0.6 is 0 Å². The fourth-order valence-electron chi connectivity index (χ4n) is 3.50. The highest BCUT2D eigenvalue weighted by Gasteiger charge is 2.25. The Morgan fingerprint density at radius 2 is 2.00 bits per heavy atom. The first-order valence-corrected chi connectivity index (χ1v) is 8.24. The van der Waals surface area contributed by atoms with Crippen molar-refractivity contribution in [1.29, 1.82) is 0 Å². The molecule has 1 N–H and O–H groups in total. The van der Waals surface area contributed by atoms with E-state index in [0.717, 1.165) is 36.0 Å². The van der Waals surface area contributed by atoms with Gasteiger partial charge in [0.2, 0.25) is 0 Å². The number of methoxy groups -OCH3 is 1. The lowest BCUT2D eigenvalue weighted by Gasteiger charge is -2.17. The Morgan fingerprint density at radius 3 is 2.67 bits per heavy atom. The van der Waals surface area contributed by atoms with Gasteiger partial charge >= 0.3 is 0 Å². The van der Waals surface area contributed by atoms with E-state index in [1.165, 1.54) is 5.56 Å². The summed E-state index contributed by atoms with van der Waals surface area (Å²) in [6.07, 6.45) is 3.56. The number of halogens is 1. The van der Waals surface area contributed by atoms with Crippen molar-refractivity contribution in [1.82, 2.24) is 5.32 Å². The largest absolute Gasteiger partial charge is 0.496 e. The van der Waals surface area contributed by atoms with E-state index in [-0.39, 0.29) is 11.7 Å². The number of amides is 1. The van der Waals surface area contributed by atoms with Crippen LogP contribution in [0.15, 0.2) is 24.3 Å². The van der Waals surface area contributed by atoms with Crippen LogP contribution in [0.1, 0.15) is 44.6 Å². The van der Waals surface area contributed by atoms with Crippen molar-refractivity contribution in [3.8, 4) is 5.75 Å². The summed E-state index contributed by atoms with van der Waals surface area (Å²) in [6, 6.07) is 7.23. The van der Waals surface area contributed by atoms with Gasteiger partial charge in [0.15, 0.2) is 0 Å². The number of hydrogen-bond acceptors (Lipinski definition) is 2. The summed E-state index contributed by atoms with van der Waals surface area (Å²) in [4.78, 5) is 12.2. The van der Waals surface area contributed by atoms with Gasteiger partial charge in [0.05, 0.1) is 12.7 Å². The molecule has 2 aromatic carbocycles. The second-order valence-corrected chi connectivity index (χ2v) is 6.27. The van der Waals surface area contributed by atoms with E-state index in [2.05, 4.69) is 5.32 Å². The minimum Gasteiger partial charge on any atom is -0.496 e. The molecule has 0 unspecified atom stereocenters. The topological polar surface area (TPSA) is 38.3 Å². The lowest BCUT2D eigenvalue weighted by Crippen LogP contribution is -2.20. The lowest BCUT2D eigenvalue weighted by atomic mass is 9.93. The smallest absolute Gasteiger partial charge is 0.254 e. The van der Waals surface area contributed by atoms with E-state index in [4.69, 9.17) is 4.74 Å². The molecule has 4 heteroatoms. The second-order valence-electron chi connectivity index (χ2n) is 6.27. The molecule has 0 atom stereocenters. The number of nitrogens with one attached hydrogen (secondary N) is 1. The molecule has 3 rings (SSSR count). The summed E-state index contributed by atoms with van der Waals surface area (Å²) >= 11 is 0. The van der Waals surface area contributed by atoms with Crippen molar-refractivity contribution >= 4 is 5.91 Å². The molecule has 3 nitrogen and oxygen atoms in total. The van der Waals surface area contributed by atoms with Gasteiger partial charge in [-0.15, -0.1) is 0 Å². The SMILES string of the molecule is CNC(=O)c1cc(Cc2ccc(C)c(F)c2)c2c(c1OC)CCC2. The zero-order valence-corrected chi connectivity index (χ0v) is 14.3.